The van der Waals surface area contributed by atoms with Crippen LogP contribution in [0.2, 0.25) is 0 Å². The highest BCUT2D eigenvalue weighted by Crippen LogP contribution is 2.37. The van der Waals surface area contributed by atoms with Gasteiger partial charge < -0.3 is 10.8 Å². The number of hydrogen-bond acceptors (Lipinski definition) is 6. The van der Waals surface area contributed by atoms with E-state index in [1.807, 2.05) is 0 Å². The van der Waals surface area contributed by atoms with Gasteiger partial charge in [0.15, 0.2) is 0 Å². The number of hydrogen-bond donors (Lipinski definition) is 2. The van der Waals surface area contributed by atoms with Gasteiger partial charge in [-0.05, 0) is 36.2 Å². The quantitative estimate of drug-likeness (QED) is 0.672. The van der Waals surface area contributed by atoms with Gasteiger partial charge in [0.1, 0.15) is 5.25 Å². The van der Waals surface area contributed by atoms with Crippen molar-refractivity contribution in [2.75, 3.05) is 6.54 Å². The molecule has 0 radical (unpaired) electrons. The standard InChI is InChI=1S/C8H13N5O2S/c9-4-3-6(7(14)15)16-8-10-11-12-13(8)5-1-2-5/h5-6H,1-4,9H2,(H,14,15). The van der Waals surface area contributed by atoms with Crippen LogP contribution >= 0.6 is 11.8 Å². The molecule has 1 saturated carbocycles. The molecule has 7 nitrogen and oxygen atoms in total. The second-order valence-corrected chi connectivity index (χ2v) is 4.83. The summed E-state index contributed by atoms with van der Waals surface area (Å²) < 4.78 is 1.71. The third-order valence-electron chi connectivity index (χ3n) is 2.31. The SMILES string of the molecule is NCCC(Sc1nnnn1C1CC1)C(=O)O. The van der Waals surface area contributed by atoms with Crippen LogP contribution in [0, 0.1) is 0 Å². The van der Waals surface area contributed by atoms with Gasteiger partial charge in [-0.15, -0.1) is 5.10 Å². The highest BCUT2D eigenvalue weighted by atomic mass is 32.2. The lowest BCUT2D eigenvalue weighted by Gasteiger charge is -2.09. The van der Waals surface area contributed by atoms with E-state index < -0.39 is 11.2 Å². The topological polar surface area (TPSA) is 107 Å². The summed E-state index contributed by atoms with van der Waals surface area (Å²) in [4.78, 5) is 11.0. The summed E-state index contributed by atoms with van der Waals surface area (Å²) in [7, 11) is 0. The number of carboxylic acid groups (broad SMARTS) is 1. The first-order chi connectivity index (χ1) is 7.72. The van der Waals surface area contributed by atoms with Crippen molar-refractivity contribution >= 4 is 17.7 Å². The van der Waals surface area contributed by atoms with Crippen molar-refractivity contribution in [1.82, 2.24) is 20.2 Å². The minimum absolute atomic E-state index is 0.342. The predicted molar refractivity (Wildman–Crippen MR) is 57.0 cm³/mol. The second kappa shape index (κ2) is 4.79. The largest absolute Gasteiger partial charge is 0.480 e. The molecule has 0 spiro atoms. The first kappa shape index (κ1) is 11.3. The van der Waals surface area contributed by atoms with Crippen molar-refractivity contribution in [3.63, 3.8) is 0 Å². The fourth-order valence-electron chi connectivity index (χ4n) is 1.32. The van der Waals surface area contributed by atoms with Gasteiger partial charge in [-0.1, -0.05) is 11.8 Å². The van der Waals surface area contributed by atoms with Gasteiger partial charge in [0, 0.05) is 0 Å². The molecular weight excluding hydrogens is 230 g/mol. The van der Waals surface area contributed by atoms with Crippen LogP contribution in [0.3, 0.4) is 0 Å². The number of thioether (sulfide) groups is 1. The summed E-state index contributed by atoms with van der Waals surface area (Å²) >= 11 is 1.17. The van der Waals surface area contributed by atoms with Crippen LogP contribution in [0.5, 0.6) is 0 Å². The summed E-state index contributed by atoms with van der Waals surface area (Å²) in [5, 5.41) is 20.3. The number of tetrazole rings is 1. The number of aromatic nitrogens is 4. The van der Waals surface area contributed by atoms with Crippen LogP contribution in [-0.4, -0.2) is 43.1 Å². The average Bonchev–Trinajstić information content (AvgIpc) is 2.99. The van der Waals surface area contributed by atoms with Crippen LogP contribution in [0.15, 0.2) is 5.16 Å². The van der Waals surface area contributed by atoms with Crippen molar-refractivity contribution in [3.05, 3.63) is 0 Å². The van der Waals surface area contributed by atoms with Gasteiger partial charge in [-0.25, -0.2) is 4.68 Å². The predicted octanol–water partition coefficient (Wildman–Crippen LogP) is -0.0979. The molecule has 1 heterocycles. The summed E-state index contributed by atoms with van der Waals surface area (Å²) in [6, 6.07) is 0.352. The molecule has 1 aromatic rings. The fraction of sp³-hybridized carbons (Fsp3) is 0.750. The highest BCUT2D eigenvalue weighted by Gasteiger charge is 2.30. The molecule has 88 valence electrons. The second-order valence-electron chi connectivity index (χ2n) is 3.66. The third-order valence-corrected chi connectivity index (χ3v) is 3.51. The minimum atomic E-state index is -0.874. The molecule has 8 heteroatoms. The summed E-state index contributed by atoms with van der Waals surface area (Å²) in [5.74, 6) is -0.874. The number of nitrogens with two attached hydrogens (primary N) is 1. The van der Waals surface area contributed by atoms with Crippen molar-refractivity contribution < 1.29 is 9.90 Å². The Morgan fingerprint density at radius 1 is 1.69 bits per heavy atom. The Hall–Kier alpha value is -1.15. The Morgan fingerprint density at radius 3 is 3.00 bits per heavy atom. The van der Waals surface area contributed by atoms with Gasteiger partial charge in [0.25, 0.3) is 0 Å². The van der Waals surface area contributed by atoms with Gasteiger partial charge in [-0.3, -0.25) is 4.79 Å². The number of carbonyl (C=O) groups is 1. The Kier molecular flexibility index (Phi) is 3.39. The molecule has 1 atom stereocenters. The Morgan fingerprint density at radius 2 is 2.44 bits per heavy atom. The molecule has 1 aromatic heterocycles. The van der Waals surface area contributed by atoms with Gasteiger partial charge in [-0.2, -0.15) is 0 Å². The first-order valence-corrected chi connectivity index (χ1v) is 5.97. The number of rotatable bonds is 6. The average molecular weight is 243 g/mol. The van der Waals surface area contributed by atoms with E-state index in [-0.39, 0.29) is 0 Å². The van der Waals surface area contributed by atoms with Crippen LogP contribution < -0.4 is 5.73 Å². The monoisotopic (exact) mass is 243 g/mol. The molecule has 16 heavy (non-hydrogen) atoms. The van der Waals surface area contributed by atoms with E-state index in [9.17, 15) is 4.79 Å². The molecule has 0 saturated heterocycles. The summed E-state index contributed by atoms with van der Waals surface area (Å²) in [6.45, 7) is 0.342. The molecule has 0 aromatic carbocycles. The maximum Gasteiger partial charge on any atom is 0.317 e. The maximum atomic E-state index is 11.0. The van der Waals surface area contributed by atoms with E-state index in [0.29, 0.717) is 24.2 Å². The molecule has 0 bridgehead atoms. The zero-order chi connectivity index (χ0) is 11.5. The number of carboxylic acids is 1. The van der Waals surface area contributed by atoms with Gasteiger partial charge in [0.2, 0.25) is 5.16 Å². The molecule has 3 N–H and O–H groups in total. The van der Waals surface area contributed by atoms with E-state index in [4.69, 9.17) is 10.8 Å². The summed E-state index contributed by atoms with van der Waals surface area (Å²) in [5.41, 5.74) is 5.37. The Balaban J connectivity index is 2.05. The van der Waals surface area contributed by atoms with E-state index >= 15 is 0 Å². The van der Waals surface area contributed by atoms with E-state index in [1.165, 1.54) is 11.8 Å². The smallest absolute Gasteiger partial charge is 0.317 e. The van der Waals surface area contributed by atoms with Gasteiger partial charge >= 0.3 is 5.97 Å². The van der Waals surface area contributed by atoms with E-state index in [2.05, 4.69) is 15.5 Å². The molecule has 1 unspecified atom stereocenters. The van der Waals surface area contributed by atoms with Crippen LogP contribution in [0.1, 0.15) is 25.3 Å². The first-order valence-electron chi connectivity index (χ1n) is 5.09. The molecule has 1 aliphatic rings. The lowest BCUT2D eigenvalue weighted by atomic mass is 10.3. The Labute approximate surface area is 96.4 Å². The van der Waals surface area contributed by atoms with Crippen LogP contribution in [0.4, 0.5) is 0 Å². The molecular formula is C8H13N5O2S. The summed E-state index contributed by atoms with van der Waals surface area (Å²) in [6.07, 6.45) is 2.54. The van der Waals surface area contributed by atoms with Crippen molar-refractivity contribution in [2.45, 2.75) is 35.7 Å². The highest BCUT2D eigenvalue weighted by molar-refractivity contribution is 8.00. The van der Waals surface area contributed by atoms with Crippen LogP contribution in [0.25, 0.3) is 0 Å². The zero-order valence-electron chi connectivity index (χ0n) is 8.61. The lowest BCUT2D eigenvalue weighted by Crippen LogP contribution is -2.21. The number of nitrogens with zero attached hydrogens (tertiary/aromatic N) is 4. The number of aliphatic carboxylic acids is 1. The zero-order valence-corrected chi connectivity index (χ0v) is 9.43. The normalized spacial score (nSPS) is 17.3. The fourth-order valence-corrected chi connectivity index (χ4v) is 2.31. The third kappa shape index (κ3) is 2.50. The van der Waals surface area contributed by atoms with Gasteiger partial charge in [0.05, 0.1) is 6.04 Å². The van der Waals surface area contributed by atoms with Crippen molar-refractivity contribution in [2.24, 2.45) is 5.73 Å². The van der Waals surface area contributed by atoms with E-state index in [0.717, 1.165) is 12.8 Å². The maximum absolute atomic E-state index is 11.0. The molecule has 0 amide bonds. The van der Waals surface area contributed by atoms with E-state index in [1.54, 1.807) is 4.68 Å². The Bertz CT molecular complexity index is 378. The lowest BCUT2D eigenvalue weighted by molar-refractivity contribution is -0.136. The molecule has 0 aliphatic heterocycles. The minimum Gasteiger partial charge on any atom is -0.480 e. The molecule has 1 fully saturated rings. The van der Waals surface area contributed by atoms with Crippen molar-refractivity contribution in [3.8, 4) is 0 Å². The van der Waals surface area contributed by atoms with Crippen LogP contribution in [-0.2, 0) is 4.79 Å². The van der Waals surface area contributed by atoms with Crippen molar-refractivity contribution in [1.29, 1.82) is 0 Å². The molecule has 2 rings (SSSR count). The molecule has 1 aliphatic carbocycles.